The van der Waals surface area contributed by atoms with E-state index in [0.717, 1.165) is 0 Å². The number of carboxylic acid groups (broad SMARTS) is 2. The van der Waals surface area contributed by atoms with Gasteiger partial charge >= 0.3 is 17.1 Å². The van der Waals surface area contributed by atoms with Crippen LogP contribution in [-0.4, -0.2) is 23.5 Å². The van der Waals surface area contributed by atoms with E-state index in [4.69, 9.17) is 0 Å². The normalized spacial score (nSPS) is 7.60. The Bertz CT molecular complexity index is 198. The topological polar surface area (TPSA) is 114 Å². The first-order valence-corrected chi connectivity index (χ1v) is 3.64. The van der Waals surface area contributed by atoms with E-state index in [2.05, 4.69) is 0 Å². The van der Waals surface area contributed by atoms with Crippen molar-refractivity contribution in [1.29, 1.82) is 0 Å². The van der Waals surface area contributed by atoms with E-state index in [9.17, 15) is 29.4 Å². The third kappa shape index (κ3) is 32.3. The van der Waals surface area contributed by atoms with E-state index in [-0.39, 0.29) is 28.6 Å². The molecule has 0 radical (unpaired) electrons. The molecule has 0 aromatic heterocycles. The molecule has 0 aliphatic heterocycles. The second kappa shape index (κ2) is 10.9. The van der Waals surface area contributed by atoms with Gasteiger partial charge in [0.25, 0.3) is 0 Å². The number of carbonyl (C=O) groups is 4. The van der Waals surface area contributed by atoms with Crippen molar-refractivity contribution < 1.29 is 46.5 Å². The molecule has 0 heterocycles. The van der Waals surface area contributed by atoms with Crippen LogP contribution in [0.1, 0.15) is 26.7 Å². The van der Waals surface area contributed by atoms with Gasteiger partial charge in [-0.25, -0.2) is 0 Å². The molecule has 0 fully saturated rings. The molecule has 0 aliphatic rings. The Morgan fingerprint density at radius 3 is 1.00 bits per heavy atom. The second-order valence-corrected chi connectivity index (χ2v) is 2.50. The van der Waals surface area contributed by atoms with Crippen LogP contribution >= 0.6 is 0 Å². The van der Waals surface area contributed by atoms with E-state index in [1.54, 1.807) is 0 Å². The van der Waals surface area contributed by atoms with Gasteiger partial charge in [0.2, 0.25) is 0 Å². The van der Waals surface area contributed by atoms with Gasteiger partial charge in [-0.1, -0.05) is 0 Å². The molecule has 0 rings (SSSR count). The van der Waals surface area contributed by atoms with Crippen LogP contribution in [0.15, 0.2) is 0 Å². The summed E-state index contributed by atoms with van der Waals surface area (Å²) < 4.78 is 0. The molecule has 0 spiro atoms. The summed E-state index contributed by atoms with van der Waals surface area (Å²) in [5.74, 6) is -3.37. The summed E-state index contributed by atoms with van der Waals surface area (Å²) in [7, 11) is 0. The van der Waals surface area contributed by atoms with Crippen molar-refractivity contribution in [2.75, 3.05) is 0 Å². The number of hydrogen-bond acceptors (Lipinski definition) is 6. The molecule has 0 unspecified atom stereocenters. The summed E-state index contributed by atoms with van der Waals surface area (Å²) in [6.45, 7) is 2.41. The van der Waals surface area contributed by atoms with Gasteiger partial charge in [-0.05, 0) is 13.8 Å². The Morgan fingerprint density at radius 2 is 1.00 bits per heavy atom. The van der Waals surface area contributed by atoms with E-state index in [0.29, 0.717) is 0 Å². The SMILES string of the molecule is CC(=O)CC(=O)[O-].CC(=O)CC(=O)[O-].[Fe+2]. The zero-order valence-corrected chi connectivity index (χ0v) is 9.32. The predicted octanol–water partition coefficient (Wildman–Crippen LogP) is -2.57. The summed E-state index contributed by atoms with van der Waals surface area (Å²) in [6.07, 6.45) is -0.944. The molecule has 6 nitrogen and oxygen atoms in total. The summed E-state index contributed by atoms with van der Waals surface area (Å²) >= 11 is 0. The first-order valence-electron chi connectivity index (χ1n) is 3.64. The Balaban J connectivity index is -0.000000180. The Morgan fingerprint density at radius 1 is 0.800 bits per heavy atom. The molecule has 0 aliphatic carbocycles. The van der Waals surface area contributed by atoms with Gasteiger partial charge in [0, 0.05) is 24.8 Å². The van der Waals surface area contributed by atoms with Gasteiger partial charge in [-0.2, -0.15) is 0 Å². The van der Waals surface area contributed by atoms with Gasteiger partial charge in [-0.15, -0.1) is 0 Å². The summed E-state index contributed by atoms with van der Waals surface area (Å²) in [6, 6.07) is 0. The predicted molar refractivity (Wildman–Crippen MR) is 40.6 cm³/mol. The second-order valence-electron chi connectivity index (χ2n) is 2.50. The molecule has 0 aromatic rings. The third-order valence-electron chi connectivity index (χ3n) is 0.787. The molecule has 86 valence electrons. The van der Waals surface area contributed by atoms with Crippen LogP contribution in [0.4, 0.5) is 0 Å². The van der Waals surface area contributed by atoms with Crippen LogP contribution in [0.5, 0.6) is 0 Å². The van der Waals surface area contributed by atoms with Gasteiger partial charge < -0.3 is 19.8 Å². The summed E-state index contributed by atoms with van der Waals surface area (Å²) in [4.78, 5) is 38.6. The van der Waals surface area contributed by atoms with Crippen LogP contribution < -0.4 is 10.2 Å². The minimum Gasteiger partial charge on any atom is -0.550 e. The zero-order valence-electron chi connectivity index (χ0n) is 8.22. The minimum atomic E-state index is -1.31. The maximum absolute atomic E-state index is 9.83. The van der Waals surface area contributed by atoms with Crippen molar-refractivity contribution in [2.24, 2.45) is 0 Å². The molecule has 0 saturated heterocycles. The van der Waals surface area contributed by atoms with E-state index in [1.807, 2.05) is 0 Å². The molecule has 0 bridgehead atoms. The van der Waals surface area contributed by atoms with Crippen LogP contribution in [0.2, 0.25) is 0 Å². The molecular formula is C8H10FeO6. The van der Waals surface area contributed by atoms with Gasteiger partial charge in [0.1, 0.15) is 11.6 Å². The molecule has 0 N–H and O–H groups in total. The molecule has 7 heteroatoms. The number of carbonyl (C=O) groups excluding carboxylic acids is 4. The summed E-state index contributed by atoms with van der Waals surface area (Å²) in [5, 5.41) is 19.0. The van der Waals surface area contributed by atoms with Crippen molar-refractivity contribution in [3.05, 3.63) is 0 Å². The van der Waals surface area contributed by atoms with Gasteiger partial charge in [0.05, 0.1) is 0 Å². The summed E-state index contributed by atoms with van der Waals surface area (Å²) in [5.41, 5.74) is 0. The Kier molecular flexibility index (Phi) is 14.1. The quantitative estimate of drug-likeness (QED) is 0.404. The fourth-order valence-electron chi connectivity index (χ4n) is 0.407. The average molecular weight is 258 g/mol. The molecular weight excluding hydrogens is 248 g/mol. The standard InChI is InChI=1S/2C4H6O3.Fe/c2*1-3(5)2-4(6)7;/h2*2H2,1H3,(H,6,7);/q;;+2/p-2. The minimum absolute atomic E-state index is 0. The van der Waals surface area contributed by atoms with Crippen LogP contribution in [-0.2, 0) is 36.2 Å². The van der Waals surface area contributed by atoms with E-state index >= 15 is 0 Å². The average Bonchev–Trinajstić information content (AvgIpc) is 1.79. The van der Waals surface area contributed by atoms with Gasteiger partial charge in [0.15, 0.2) is 0 Å². The van der Waals surface area contributed by atoms with Crippen molar-refractivity contribution in [3.8, 4) is 0 Å². The van der Waals surface area contributed by atoms with Crippen molar-refractivity contribution >= 4 is 23.5 Å². The Hall–Kier alpha value is -1.20. The smallest absolute Gasteiger partial charge is 0.550 e. The van der Waals surface area contributed by atoms with E-state index in [1.165, 1.54) is 13.8 Å². The zero-order chi connectivity index (χ0) is 11.7. The number of ketones is 2. The number of aliphatic carboxylic acids is 2. The molecule has 0 amide bonds. The monoisotopic (exact) mass is 258 g/mol. The number of hydrogen-bond donors (Lipinski definition) is 0. The number of Topliss-reactive ketones (excluding diaryl/α,β-unsaturated/α-hetero) is 2. The molecule has 0 aromatic carbocycles. The van der Waals surface area contributed by atoms with Crippen LogP contribution in [0.25, 0.3) is 0 Å². The Labute approximate surface area is 97.1 Å². The third-order valence-corrected chi connectivity index (χ3v) is 0.787. The fourth-order valence-corrected chi connectivity index (χ4v) is 0.407. The van der Waals surface area contributed by atoms with Gasteiger partial charge in [-0.3, -0.25) is 9.59 Å². The largest absolute Gasteiger partial charge is 2.00 e. The molecule has 0 saturated carbocycles. The van der Waals surface area contributed by atoms with Crippen molar-refractivity contribution in [1.82, 2.24) is 0 Å². The van der Waals surface area contributed by atoms with Crippen molar-refractivity contribution in [3.63, 3.8) is 0 Å². The number of carboxylic acids is 2. The van der Waals surface area contributed by atoms with Crippen LogP contribution in [0, 0.1) is 0 Å². The van der Waals surface area contributed by atoms with E-state index < -0.39 is 24.8 Å². The maximum atomic E-state index is 9.83. The van der Waals surface area contributed by atoms with Crippen molar-refractivity contribution in [2.45, 2.75) is 26.7 Å². The first kappa shape index (κ1) is 19.4. The maximum Gasteiger partial charge on any atom is 2.00 e. The van der Waals surface area contributed by atoms with Crippen LogP contribution in [0.3, 0.4) is 0 Å². The molecule has 15 heavy (non-hydrogen) atoms. The molecule has 0 atom stereocenters. The first-order chi connectivity index (χ1) is 6.25. The fraction of sp³-hybridized carbons (Fsp3) is 0.500. The number of rotatable bonds is 4.